The fraction of sp³-hybridized carbons (Fsp3) is 0.348. The Labute approximate surface area is 190 Å². The number of sulfonamides is 1. The van der Waals surface area contributed by atoms with E-state index in [0.717, 1.165) is 53.9 Å². The Kier molecular flexibility index (Phi) is 5.35. The van der Waals surface area contributed by atoms with Crippen LogP contribution in [0.3, 0.4) is 0 Å². The maximum atomic E-state index is 14.0. The fourth-order valence-corrected chi connectivity index (χ4v) is 7.30. The van der Waals surface area contributed by atoms with Gasteiger partial charge in [0.1, 0.15) is 15.9 Å². The zero-order chi connectivity index (χ0) is 22.5. The molecule has 1 aliphatic carbocycles. The first-order valence-electron chi connectivity index (χ1n) is 10.7. The molecule has 2 aromatic heterocycles. The summed E-state index contributed by atoms with van der Waals surface area (Å²) in [5.74, 6) is 0. The number of nitrogens with one attached hydrogen (secondary N) is 1. The summed E-state index contributed by atoms with van der Waals surface area (Å²) < 4.78 is 38.1. The largest absolute Gasteiger partial charge is 0.321 e. The molecule has 1 fully saturated rings. The second-order valence-corrected chi connectivity index (χ2v) is 10.9. The van der Waals surface area contributed by atoms with Crippen LogP contribution >= 0.6 is 11.7 Å². The van der Waals surface area contributed by atoms with Gasteiger partial charge in [0.15, 0.2) is 0 Å². The second-order valence-electron chi connectivity index (χ2n) is 8.49. The van der Waals surface area contributed by atoms with Crippen LogP contribution in [-0.4, -0.2) is 32.5 Å². The molecule has 4 aromatic rings. The minimum Gasteiger partial charge on any atom is -0.321 e. The standard InChI is InChI=1S/C23H24N4O3S2/c1-14-6-5-7-16-12-17(23(28)24-20(14)16)13-27(18-8-3-4-9-18)32(29,30)22-15(2)10-11-19-21(22)26-31-25-19/h5-7,10-12,18H,3-4,8-9,13H2,1-2H3,(H,24,28). The van der Waals surface area contributed by atoms with Crippen molar-refractivity contribution in [2.45, 2.75) is 57.0 Å². The first-order chi connectivity index (χ1) is 15.4. The highest BCUT2D eigenvalue weighted by molar-refractivity contribution is 7.89. The van der Waals surface area contributed by atoms with Gasteiger partial charge in [0.05, 0.1) is 17.2 Å². The molecule has 9 heteroatoms. The topological polar surface area (TPSA) is 96.0 Å². The molecule has 0 spiro atoms. The molecule has 1 N–H and O–H groups in total. The second kappa shape index (κ2) is 8.06. The molecule has 0 unspecified atom stereocenters. The monoisotopic (exact) mass is 468 g/mol. The summed E-state index contributed by atoms with van der Waals surface area (Å²) in [4.78, 5) is 16.1. The van der Waals surface area contributed by atoms with Gasteiger partial charge in [0, 0.05) is 18.2 Å². The lowest BCUT2D eigenvalue weighted by molar-refractivity contribution is 0.315. The molecule has 2 aromatic carbocycles. The Morgan fingerprint density at radius 3 is 2.66 bits per heavy atom. The number of nitrogens with zero attached hydrogens (tertiary/aromatic N) is 3. The molecule has 1 aliphatic rings. The van der Waals surface area contributed by atoms with Gasteiger partial charge in [0.2, 0.25) is 10.0 Å². The number of rotatable bonds is 5. The number of pyridine rings is 1. The van der Waals surface area contributed by atoms with Crippen molar-refractivity contribution in [1.29, 1.82) is 0 Å². The highest BCUT2D eigenvalue weighted by Gasteiger charge is 2.36. The summed E-state index contributed by atoms with van der Waals surface area (Å²) in [6.45, 7) is 3.75. The molecule has 0 radical (unpaired) electrons. The molecule has 166 valence electrons. The van der Waals surface area contributed by atoms with Crippen LogP contribution in [0.25, 0.3) is 21.9 Å². The lowest BCUT2D eigenvalue weighted by atomic mass is 10.1. The van der Waals surface area contributed by atoms with Crippen molar-refractivity contribution < 1.29 is 8.42 Å². The predicted octanol–water partition coefficient (Wildman–Crippen LogP) is 4.28. The summed E-state index contributed by atoms with van der Waals surface area (Å²) in [6.07, 6.45) is 3.53. The number of aromatic amines is 1. The number of hydrogen-bond acceptors (Lipinski definition) is 6. The van der Waals surface area contributed by atoms with E-state index >= 15 is 0 Å². The van der Waals surface area contributed by atoms with Crippen LogP contribution < -0.4 is 5.56 Å². The van der Waals surface area contributed by atoms with Crippen LogP contribution in [0.4, 0.5) is 0 Å². The third-order valence-electron chi connectivity index (χ3n) is 6.37. The lowest BCUT2D eigenvalue weighted by Gasteiger charge is -2.28. The third-order valence-corrected chi connectivity index (χ3v) is 8.99. The highest BCUT2D eigenvalue weighted by atomic mass is 32.2. The van der Waals surface area contributed by atoms with Crippen LogP contribution in [0.2, 0.25) is 0 Å². The van der Waals surface area contributed by atoms with Crippen molar-refractivity contribution in [2.75, 3.05) is 0 Å². The molecular formula is C23H24N4O3S2. The van der Waals surface area contributed by atoms with Gasteiger partial charge in [-0.15, -0.1) is 0 Å². The Morgan fingerprint density at radius 1 is 1.09 bits per heavy atom. The number of para-hydroxylation sites is 1. The van der Waals surface area contributed by atoms with Crippen LogP contribution in [0, 0.1) is 13.8 Å². The SMILES string of the molecule is Cc1ccc2nsnc2c1S(=O)(=O)N(Cc1cc2cccc(C)c2[nH]c1=O)C1CCCC1. The van der Waals surface area contributed by atoms with Crippen LogP contribution in [0.15, 0.2) is 46.1 Å². The van der Waals surface area contributed by atoms with Crippen molar-refractivity contribution >= 4 is 43.7 Å². The molecular weight excluding hydrogens is 444 g/mol. The molecule has 7 nitrogen and oxygen atoms in total. The summed E-state index contributed by atoms with van der Waals surface area (Å²) in [5.41, 5.74) is 3.56. The minimum absolute atomic E-state index is 0.0274. The van der Waals surface area contributed by atoms with Gasteiger partial charge in [-0.1, -0.05) is 37.1 Å². The molecule has 5 rings (SSSR count). The quantitative estimate of drug-likeness (QED) is 0.472. The summed E-state index contributed by atoms with van der Waals surface area (Å²) in [6, 6.07) is 11.0. The van der Waals surface area contributed by atoms with Gasteiger partial charge < -0.3 is 4.98 Å². The fourth-order valence-electron chi connectivity index (χ4n) is 4.69. The van der Waals surface area contributed by atoms with Crippen molar-refractivity contribution in [2.24, 2.45) is 0 Å². The normalized spacial score (nSPS) is 15.3. The van der Waals surface area contributed by atoms with Crippen molar-refractivity contribution in [3.05, 3.63) is 63.4 Å². The van der Waals surface area contributed by atoms with E-state index in [2.05, 4.69) is 13.7 Å². The van der Waals surface area contributed by atoms with E-state index < -0.39 is 10.0 Å². The first-order valence-corrected chi connectivity index (χ1v) is 12.9. The van der Waals surface area contributed by atoms with Crippen LogP contribution in [-0.2, 0) is 16.6 Å². The molecule has 0 saturated heterocycles. The highest BCUT2D eigenvalue weighted by Crippen LogP contribution is 2.34. The van der Waals surface area contributed by atoms with E-state index in [1.165, 1.54) is 4.31 Å². The Morgan fingerprint density at radius 2 is 1.88 bits per heavy atom. The molecule has 0 bridgehead atoms. The van der Waals surface area contributed by atoms with Crippen LogP contribution in [0.5, 0.6) is 0 Å². The van der Waals surface area contributed by atoms with Crippen molar-refractivity contribution in [1.82, 2.24) is 18.0 Å². The zero-order valence-corrected chi connectivity index (χ0v) is 19.6. The Balaban J connectivity index is 1.65. The van der Waals surface area contributed by atoms with Gasteiger partial charge >= 0.3 is 0 Å². The van der Waals surface area contributed by atoms with Crippen molar-refractivity contribution in [3.8, 4) is 0 Å². The maximum absolute atomic E-state index is 14.0. The van der Waals surface area contributed by atoms with Gasteiger partial charge in [-0.05, 0) is 55.3 Å². The zero-order valence-electron chi connectivity index (χ0n) is 18.0. The average Bonchev–Trinajstić information content (AvgIpc) is 3.44. The Hall–Kier alpha value is -2.62. The average molecular weight is 469 g/mol. The summed E-state index contributed by atoms with van der Waals surface area (Å²) in [5, 5.41) is 0.894. The third kappa shape index (κ3) is 3.54. The van der Waals surface area contributed by atoms with Gasteiger partial charge in [-0.25, -0.2) is 8.42 Å². The maximum Gasteiger partial charge on any atom is 0.252 e. The first kappa shape index (κ1) is 21.2. The molecule has 1 saturated carbocycles. The van der Waals surface area contributed by atoms with Gasteiger partial charge in [0.25, 0.3) is 5.56 Å². The van der Waals surface area contributed by atoms with Gasteiger partial charge in [-0.3, -0.25) is 4.79 Å². The number of H-pyrrole nitrogens is 1. The molecule has 0 atom stereocenters. The van der Waals surface area contributed by atoms with Gasteiger partial charge in [-0.2, -0.15) is 13.1 Å². The van der Waals surface area contributed by atoms with Crippen LogP contribution in [0.1, 0.15) is 42.4 Å². The predicted molar refractivity (Wildman–Crippen MR) is 126 cm³/mol. The number of aryl methyl sites for hydroxylation is 2. The van der Waals surface area contributed by atoms with E-state index in [9.17, 15) is 13.2 Å². The van der Waals surface area contributed by atoms with E-state index in [0.29, 0.717) is 22.2 Å². The molecule has 0 amide bonds. The molecule has 2 heterocycles. The number of hydrogen-bond donors (Lipinski definition) is 1. The van der Waals surface area contributed by atoms with E-state index in [-0.39, 0.29) is 23.0 Å². The molecule has 0 aliphatic heterocycles. The van der Waals surface area contributed by atoms with E-state index in [1.807, 2.05) is 31.2 Å². The van der Waals surface area contributed by atoms with E-state index in [4.69, 9.17) is 0 Å². The minimum atomic E-state index is -3.90. The number of fused-ring (bicyclic) bond motifs is 2. The number of aromatic nitrogens is 3. The summed E-state index contributed by atoms with van der Waals surface area (Å²) >= 11 is 1.01. The Bertz CT molecular complexity index is 1480. The van der Waals surface area contributed by atoms with Crippen molar-refractivity contribution in [3.63, 3.8) is 0 Å². The number of benzene rings is 2. The molecule has 32 heavy (non-hydrogen) atoms. The lowest BCUT2D eigenvalue weighted by Crippen LogP contribution is -2.40. The van der Waals surface area contributed by atoms with E-state index in [1.54, 1.807) is 19.1 Å². The smallest absolute Gasteiger partial charge is 0.252 e. The summed E-state index contributed by atoms with van der Waals surface area (Å²) in [7, 11) is -3.90.